The molecular weight excluding hydrogens is 324 g/mol. The molecule has 5 heteroatoms. The third-order valence-electron chi connectivity index (χ3n) is 3.36. The predicted octanol–water partition coefficient (Wildman–Crippen LogP) is 3.42. The van der Waals surface area contributed by atoms with Gasteiger partial charge in [0.15, 0.2) is 0 Å². The van der Waals surface area contributed by atoms with E-state index < -0.39 is 0 Å². The molecule has 4 nitrogen and oxygen atoms in total. The molecule has 0 fully saturated rings. The molecule has 0 aliphatic heterocycles. The van der Waals surface area contributed by atoms with Crippen LogP contribution in [-0.4, -0.2) is 25.5 Å². The van der Waals surface area contributed by atoms with Crippen molar-refractivity contribution in [3.8, 4) is 5.75 Å². The zero-order valence-corrected chi connectivity index (χ0v) is 14.8. The Morgan fingerprint density at radius 2 is 1.79 bits per heavy atom. The van der Waals surface area contributed by atoms with Crippen molar-refractivity contribution < 1.29 is 9.53 Å². The minimum absolute atomic E-state index is 0. The number of hydrogen-bond acceptors (Lipinski definition) is 3. The molecule has 2 aromatic rings. The highest BCUT2D eigenvalue weighted by Crippen LogP contribution is 2.15. The number of nitrogens with one attached hydrogen (secondary N) is 2. The lowest BCUT2D eigenvalue weighted by Crippen LogP contribution is -2.32. The number of hydrogen-bond donors (Lipinski definition) is 2. The molecule has 0 aromatic heterocycles. The van der Waals surface area contributed by atoms with E-state index in [9.17, 15) is 4.79 Å². The van der Waals surface area contributed by atoms with Crippen LogP contribution in [0.3, 0.4) is 0 Å². The van der Waals surface area contributed by atoms with Gasteiger partial charge in [-0.3, -0.25) is 4.79 Å². The van der Waals surface area contributed by atoms with E-state index >= 15 is 0 Å². The summed E-state index contributed by atoms with van der Waals surface area (Å²) in [7, 11) is 0. The summed E-state index contributed by atoms with van der Waals surface area (Å²) in [4.78, 5) is 12.1. The van der Waals surface area contributed by atoms with Gasteiger partial charge >= 0.3 is 0 Å². The highest BCUT2D eigenvalue weighted by molar-refractivity contribution is 5.94. The van der Waals surface area contributed by atoms with Crippen molar-refractivity contribution in [2.24, 2.45) is 0 Å². The topological polar surface area (TPSA) is 50.4 Å². The fourth-order valence-corrected chi connectivity index (χ4v) is 2.14. The Hall–Kier alpha value is -2.04. The van der Waals surface area contributed by atoms with E-state index in [1.165, 1.54) is 0 Å². The van der Waals surface area contributed by atoms with Crippen molar-refractivity contribution in [3.05, 3.63) is 65.7 Å². The molecule has 1 amide bonds. The van der Waals surface area contributed by atoms with Crippen LogP contribution in [0, 0.1) is 0 Å². The molecule has 24 heavy (non-hydrogen) atoms. The van der Waals surface area contributed by atoms with Gasteiger partial charge in [-0.05, 0) is 36.7 Å². The van der Waals surface area contributed by atoms with Crippen LogP contribution in [0.2, 0.25) is 0 Å². The van der Waals surface area contributed by atoms with Crippen LogP contribution in [0.15, 0.2) is 54.6 Å². The summed E-state index contributed by atoms with van der Waals surface area (Å²) in [5.41, 5.74) is 1.72. The molecule has 2 aromatic carbocycles. The van der Waals surface area contributed by atoms with Crippen LogP contribution in [-0.2, 0) is 6.61 Å². The number of amides is 1. The Balaban J connectivity index is 0.00000288. The minimum atomic E-state index is -0.0755. The van der Waals surface area contributed by atoms with Gasteiger partial charge in [0.1, 0.15) is 12.4 Å². The molecule has 0 bridgehead atoms. The summed E-state index contributed by atoms with van der Waals surface area (Å²) in [6.45, 7) is 4.98. The second-order valence-electron chi connectivity index (χ2n) is 5.31. The number of benzene rings is 2. The normalized spacial score (nSPS) is 9.88. The van der Waals surface area contributed by atoms with E-state index in [1.807, 2.05) is 42.5 Å². The van der Waals surface area contributed by atoms with Crippen molar-refractivity contribution in [2.75, 3.05) is 19.6 Å². The number of halogens is 1. The lowest BCUT2D eigenvalue weighted by molar-refractivity contribution is 0.0953. The molecule has 0 atom stereocenters. The van der Waals surface area contributed by atoms with E-state index in [0.717, 1.165) is 25.1 Å². The fourth-order valence-electron chi connectivity index (χ4n) is 2.14. The van der Waals surface area contributed by atoms with Crippen molar-refractivity contribution in [2.45, 2.75) is 20.0 Å². The molecule has 0 saturated carbocycles. The number of carbonyl (C=O) groups is 1. The first-order chi connectivity index (χ1) is 11.3. The zero-order chi connectivity index (χ0) is 16.3. The molecule has 0 radical (unpaired) electrons. The van der Waals surface area contributed by atoms with E-state index in [4.69, 9.17) is 4.74 Å². The number of rotatable bonds is 9. The summed E-state index contributed by atoms with van der Waals surface area (Å²) in [5.74, 6) is 0.624. The van der Waals surface area contributed by atoms with Gasteiger partial charge in [0.25, 0.3) is 5.91 Å². The maximum Gasteiger partial charge on any atom is 0.251 e. The molecular formula is C19H25ClN2O2. The van der Waals surface area contributed by atoms with Gasteiger partial charge in [-0.1, -0.05) is 43.3 Å². The van der Waals surface area contributed by atoms with Gasteiger partial charge in [-0.2, -0.15) is 0 Å². The molecule has 2 N–H and O–H groups in total. The maximum atomic E-state index is 12.1. The Kier molecular flexibility index (Phi) is 9.58. The average Bonchev–Trinajstić information content (AvgIpc) is 2.61. The second-order valence-corrected chi connectivity index (χ2v) is 5.31. The monoisotopic (exact) mass is 348 g/mol. The van der Waals surface area contributed by atoms with Crippen LogP contribution in [0.25, 0.3) is 0 Å². The Bertz CT molecular complexity index is 605. The Morgan fingerprint density at radius 1 is 1.00 bits per heavy atom. The van der Waals surface area contributed by atoms with Gasteiger partial charge in [-0.15, -0.1) is 12.4 Å². The summed E-state index contributed by atoms with van der Waals surface area (Å²) in [6, 6.07) is 17.2. The van der Waals surface area contributed by atoms with Crippen LogP contribution in [0.5, 0.6) is 5.75 Å². The quantitative estimate of drug-likeness (QED) is 0.683. The highest BCUT2D eigenvalue weighted by atomic mass is 35.5. The van der Waals surface area contributed by atoms with Crippen LogP contribution >= 0.6 is 12.4 Å². The Labute approximate surface area is 150 Å². The van der Waals surface area contributed by atoms with Gasteiger partial charge < -0.3 is 15.4 Å². The summed E-state index contributed by atoms with van der Waals surface area (Å²) < 4.78 is 5.75. The molecule has 0 unspecified atom stereocenters. The summed E-state index contributed by atoms with van der Waals surface area (Å²) >= 11 is 0. The first kappa shape index (κ1) is 20.0. The van der Waals surface area contributed by atoms with Crippen molar-refractivity contribution >= 4 is 18.3 Å². The van der Waals surface area contributed by atoms with Crippen LogP contribution in [0.4, 0.5) is 0 Å². The Morgan fingerprint density at radius 3 is 2.54 bits per heavy atom. The van der Waals surface area contributed by atoms with Gasteiger partial charge in [0, 0.05) is 18.7 Å². The average molecular weight is 349 g/mol. The smallest absolute Gasteiger partial charge is 0.251 e. The fraction of sp³-hybridized carbons (Fsp3) is 0.316. The largest absolute Gasteiger partial charge is 0.489 e. The predicted molar refractivity (Wildman–Crippen MR) is 100.0 cm³/mol. The number of ether oxygens (including phenoxy) is 1. The first-order valence-electron chi connectivity index (χ1n) is 8.05. The lowest BCUT2D eigenvalue weighted by atomic mass is 10.2. The SMILES string of the molecule is CCCNCCNC(=O)c1cccc(OCc2ccccc2)c1.Cl. The molecule has 0 saturated heterocycles. The molecule has 0 aliphatic rings. The summed E-state index contributed by atoms with van der Waals surface area (Å²) in [6.07, 6.45) is 1.09. The van der Waals surface area contributed by atoms with Crippen molar-refractivity contribution in [1.82, 2.24) is 10.6 Å². The third-order valence-corrected chi connectivity index (χ3v) is 3.36. The molecule has 0 heterocycles. The zero-order valence-electron chi connectivity index (χ0n) is 14.0. The van der Waals surface area contributed by atoms with Gasteiger partial charge in [-0.25, -0.2) is 0 Å². The van der Waals surface area contributed by atoms with E-state index in [2.05, 4.69) is 17.6 Å². The van der Waals surface area contributed by atoms with Crippen molar-refractivity contribution in [3.63, 3.8) is 0 Å². The molecule has 0 spiro atoms. The summed E-state index contributed by atoms with van der Waals surface area (Å²) in [5, 5.41) is 6.15. The van der Waals surface area contributed by atoms with Gasteiger partial charge in [0.05, 0.1) is 0 Å². The standard InChI is InChI=1S/C19H24N2O2.ClH/c1-2-11-20-12-13-21-19(22)17-9-6-10-18(14-17)23-15-16-7-4-3-5-8-16;/h3-10,14,20H,2,11-13,15H2,1H3,(H,21,22);1H. The van der Waals surface area contributed by atoms with Crippen LogP contribution < -0.4 is 15.4 Å². The van der Waals surface area contributed by atoms with Gasteiger partial charge in [0.2, 0.25) is 0 Å². The maximum absolute atomic E-state index is 12.1. The lowest BCUT2D eigenvalue weighted by Gasteiger charge is -2.09. The molecule has 130 valence electrons. The first-order valence-corrected chi connectivity index (χ1v) is 8.05. The number of carbonyl (C=O) groups excluding carboxylic acids is 1. The molecule has 0 aliphatic carbocycles. The van der Waals surface area contributed by atoms with Crippen LogP contribution in [0.1, 0.15) is 29.3 Å². The van der Waals surface area contributed by atoms with E-state index in [-0.39, 0.29) is 18.3 Å². The second kappa shape index (κ2) is 11.5. The van der Waals surface area contributed by atoms with E-state index in [0.29, 0.717) is 24.5 Å². The van der Waals surface area contributed by atoms with Crippen molar-refractivity contribution in [1.29, 1.82) is 0 Å². The minimum Gasteiger partial charge on any atom is -0.489 e. The molecule has 2 rings (SSSR count). The third kappa shape index (κ3) is 7.02. The highest BCUT2D eigenvalue weighted by Gasteiger charge is 2.06. The van der Waals surface area contributed by atoms with E-state index in [1.54, 1.807) is 12.1 Å².